The molecule has 0 amide bonds. The summed E-state index contributed by atoms with van der Waals surface area (Å²) in [5.41, 5.74) is 10.6. The zero-order chi connectivity index (χ0) is 43.1. The summed E-state index contributed by atoms with van der Waals surface area (Å²) >= 11 is 12.8. The van der Waals surface area contributed by atoms with E-state index < -0.39 is 0 Å². The molecular formula is C59H76Cl2. The molecule has 0 heterocycles. The van der Waals surface area contributed by atoms with Crippen molar-refractivity contribution in [2.75, 3.05) is 0 Å². The maximum absolute atomic E-state index is 6.41. The van der Waals surface area contributed by atoms with Gasteiger partial charge >= 0.3 is 0 Å². The normalized spacial score (nSPS) is 18.5. The molecule has 0 unspecified atom stereocenters. The number of benzene rings is 4. The lowest BCUT2D eigenvalue weighted by Crippen LogP contribution is -2.12. The molecule has 0 atom stereocenters. The first-order valence-corrected chi connectivity index (χ1v) is 25.4. The van der Waals surface area contributed by atoms with E-state index in [2.05, 4.69) is 124 Å². The van der Waals surface area contributed by atoms with Gasteiger partial charge in [-0.25, -0.2) is 0 Å². The van der Waals surface area contributed by atoms with Crippen LogP contribution in [0.4, 0.5) is 0 Å². The van der Waals surface area contributed by atoms with E-state index in [0.717, 1.165) is 46.9 Å². The van der Waals surface area contributed by atoms with Crippen LogP contribution in [0.5, 0.6) is 0 Å². The predicted molar refractivity (Wildman–Crippen MR) is 267 cm³/mol. The number of hydrogen-bond acceptors (Lipinski definition) is 0. The average molecular weight is 856 g/mol. The summed E-state index contributed by atoms with van der Waals surface area (Å²) in [5, 5.41) is 1.72. The summed E-state index contributed by atoms with van der Waals surface area (Å²) in [6.45, 7) is 8.92. The third-order valence-corrected chi connectivity index (χ3v) is 13.9. The molecule has 2 aliphatic rings. The van der Waals surface area contributed by atoms with E-state index in [1.165, 1.54) is 155 Å². The molecule has 0 radical (unpaired) electrons. The fraction of sp³-hybridized carbons (Fsp3) is 0.525. The fourth-order valence-electron chi connectivity index (χ4n) is 9.31. The first-order chi connectivity index (χ1) is 29.9. The molecule has 2 aliphatic carbocycles. The lowest BCUT2D eigenvalue weighted by molar-refractivity contribution is 0.384. The van der Waals surface area contributed by atoms with Gasteiger partial charge in [0, 0.05) is 33.0 Å². The van der Waals surface area contributed by atoms with Gasteiger partial charge in [0.1, 0.15) is 0 Å². The minimum absolute atomic E-state index is 0.521. The number of aryl methyl sites for hydroxylation is 4. The quantitative estimate of drug-likeness (QED) is 0.0733. The topological polar surface area (TPSA) is 0 Å². The van der Waals surface area contributed by atoms with E-state index in [9.17, 15) is 0 Å². The Morgan fingerprint density at radius 1 is 0.410 bits per heavy atom. The molecule has 0 nitrogen and oxygen atoms in total. The van der Waals surface area contributed by atoms with Crippen molar-refractivity contribution in [2.24, 2.45) is 11.8 Å². The second-order valence-electron chi connectivity index (χ2n) is 18.2. The van der Waals surface area contributed by atoms with Crippen molar-refractivity contribution >= 4 is 23.2 Å². The summed E-state index contributed by atoms with van der Waals surface area (Å²) in [6.07, 6.45) is 28.8. The van der Waals surface area contributed by atoms with Gasteiger partial charge in [-0.1, -0.05) is 193 Å². The highest BCUT2D eigenvalue weighted by Crippen LogP contribution is 2.37. The summed E-state index contributed by atoms with van der Waals surface area (Å²) in [7, 11) is 0. The van der Waals surface area contributed by atoms with Gasteiger partial charge in [-0.2, -0.15) is 0 Å². The first-order valence-electron chi connectivity index (χ1n) is 24.7. The molecule has 0 saturated heterocycles. The smallest absolute Gasteiger partial charge is 0.0450 e. The third kappa shape index (κ3) is 17.0. The molecule has 326 valence electrons. The van der Waals surface area contributed by atoms with Gasteiger partial charge in [0.15, 0.2) is 0 Å². The number of halogens is 2. The molecule has 61 heavy (non-hydrogen) atoms. The zero-order valence-electron chi connectivity index (χ0n) is 38.4. The number of unbranched alkanes of at least 4 members (excludes halogenated alkanes) is 7. The van der Waals surface area contributed by atoms with E-state index in [-0.39, 0.29) is 0 Å². The monoisotopic (exact) mass is 855 g/mol. The van der Waals surface area contributed by atoms with Crippen molar-refractivity contribution in [1.29, 1.82) is 0 Å². The lowest BCUT2D eigenvalue weighted by atomic mass is 9.78. The van der Waals surface area contributed by atoms with E-state index >= 15 is 0 Å². The molecule has 6 rings (SSSR count). The molecule has 4 aromatic carbocycles. The molecule has 2 saturated carbocycles. The summed E-state index contributed by atoms with van der Waals surface area (Å²) in [6, 6.07) is 31.6. The van der Waals surface area contributed by atoms with Crippen LogP contribution in [0.25, 0.3) is 0 Å². The number of hydrogen-bond donors (Lipinski definition) is 0. The van der Waals surface area contributed by atoms with Crippen LogP contribution >= 0.6 is 23.2 Å². The third-order valence-electron chi connectivity index (χ3n) is 13.2. The molecule has 0 bridgehead atoms. The molecule has 0 N–H and O–H groups in total. The fourth-order valence-corrected chi connectivity index (χ4v) is 9.86. The van der Waals surface area contributed by atoms with Crippen molar-refractivity contribution in [2.45, 2.75) is 187 Å². The van der Waals surface area contributed by atoms with Crippen LogP contribution in [0.15, 0.2) is 84.9 Å². The number of rotatable bonds is 17. The Balaban J connectivity index is 0.000000231. The standard InChI is InChI=1S/C30H39Cl.C29H37Cl/c1-3-5-6-7-8-10-24-13-18-27(19-14-24)28-20-15-25(16-21-28)11-12-26-17-22-29(9-4-2)30(31)23-26;1-3-5-6-7-9-23-12-17-26(18-13-23)27-19-14-24(15-20-27)10-11-25-16-21-28(8-4-2)29(30)22-25/h13-14,17-19,22-23,25,28H,3-10,15-16,20-21H2,1-2H3;12-13,16-18,21-22,24,27H,3-9,14-15,19-20H2,1-2H3. The van der Waals surface area contributed by atoms with Gasteiger partial charge in [0.25, 0.3) is 0 Å². The average Bonchev–Trinajstić information content (AvgIpc) is 3.29. The second kappa shape index (κ2) is 27.6. The van der Waals surface area contributed by atoms with Crippen LogP contribution in [-0.2, 0) is 25.7 Å². The van der Waals surface area contributed by atoms with Crippen molar-refractivity contribution in [3.8, 4) is 23.7 Å². The van der Waals surface area contributed by atoms with Crippen LogP contribution in [0.2, 0.25) is 10.0 Å². The van der Waals surface area contributed by atoms with Crippen molar-refractivity contribution in [1.82, 2.24) is 0 Å². The Hall–Kier alpha value is -3.42. The minimum atomic E-state index is 0.521. The van der Waals surface area contributed by atoms with Gasteiger partial charge in [-0.3, -0.25) is 0 Å². The van der Waals surface area contributed by atoms with E-state index in [4.69, 9.17) is 23.2 Å². The summed E-state index contributed by atoms with van der Waals surface area (Å²) in [4.78, 5) is 0. The molecule has 2 fully saturated rings. The molecule has 0 aromatic heterocycles. The first kappa shape index (κ1) is 48.6. The minimum Gasteiger partial charge on any atom is -0.0945 e. The van der Waals surface area contributed by atoms with Crippen molar-refractivity contribution < 1.29 is 0 Å². The molecule has 0 aliphatic heterocycles. The molecule has 2 heteroatoms. The Kier molecular flexibility index (Phi) is 22.0. The Morgan fingerprint density at radius 3 is 1.15 bits per heavy atom. The second-order valence-corrected chi connectivity index (χ2v) is 19.0. The maximum Gasteiger partial charge on any atom is 0.0450 e. The van der Waals surface area contributed by atoms with Crippen molar-refractivity contribution in [3.63, 3.8) is 0 Å². The Labute approximate surface area is 383 Å². The van der Waals surface area contributed by atoms with Crippen LogP contribution in [0, 0.1) is 35.5 Å². The van der Waals surface area contributed by atoms with Crippen LogP contribution < -0.4 is 0 Å². The molecule has 0 spiro atoms. The summed E-state index contributed by atoms with van der Waals surface area (Å²) in [5.74, 6) is 16.3. The largest absolute Gasteiger partial charge is 0.0945 e. The highest BCUT2D eigenvalue weighted by Gasteiger charge is 2.22. The Bertz CT molecular complexity index is 1970. The SMILES string of the molecule is CCCCCCCc1ccc(C2CCC(C#Cc3ccc(CCC)c(Cl)c3)CC2)cc1.CCCCCCc1ccc(C2CCC(C#Cc3ccc(CCC)c(Cl)c3)CC2)cc1. The Morgan fingerprint density at radius 2 is 0.787 bits per heavy atom. The zero-order valence-corrected chi connectivity index (χ0v) is 39.9. The lowest BCUT2D eigenvalue weighted by Gasteiger charge is -2.26. The van der Waals surface area contributed by atoms with Gasteiger partial charge in [0.2, 0.25) is 0 Å². The molecule has 4 aromatic rings. The van der Waals surface area contributed by atoms with E-state index in [1.807, 2.05) is 12.1 Å². The van der Waals surface area contributed by atoms with Gasteiger partial charge < -0.3 is 0 Å². The highest BCUT2D eigenvalue weighted by molar-refractivity contribution is 6.31. The van der Waals surface area contributed by atoms with E-state index in [1.54, 1.807) is 0 Å². The highest BCUT2D eigenvalue weighted by atomic mass is 35.5. The van der Waals surface area contributed by atoms with Crippen LogP contribution in [0.1, 0.15) is 206 Å². The maximum atomic E-state index is 6.41. The van der Waals surface area contributed by atoms with Crippen LogP contribution in [-0.4, -0.2) is 0 Å². The van der Waals surface area contributed by atoms with Gasteiger partial charge in [-0.15, -0.1) is 0 Å². The summed E-state index contributed by atoms with van der Waals surface area (Å²) < 4.78 is 0. The van der Waals surface area contributed by atoms with Crippen molar-refractivity contribution in [3.05, 3.63) is 139 Å². The predicted octanol–water partition coefficient (Wildman–Crippen LogP) is 17.9. The van der Waals surface area contributed by atoms with E-state index in [0.29, 0.717) is 23.7 Å². The molecular weight excluding hydrogens is 780 g/mol. The van der Waals surface area contributed by atoms with Crippen LogP contribution in [0.3, 0.4) is 0 Å². The van der Waals surface area contributed by atoms with Gasteiger partial charge in [0.05, 0.1) is 0 Å². The van der Waals surface area contributed by atoms with Gasteiger partial charge in [-0.05, 0) is 159 Å².